The second-order valence-electron chi connectivity index (χ2n) is 5.97. The van der Waals surface area contributed by atoms with Crippen molar-refractivity contribution in [2.45, 2.75) is 19.3 Å². The molecule has 0 bridgehead atoms. The zero-order valence-electron chi connectivity index (χ0n) is 14.2. The van der Waals surface area contributed by atoms with E-state index in [1.807, 2.05) is 4.90 Å². The van der Waals surface area contributed by atoms with E-state index in [-0.39, 0.29) is 17.5 Å². The third-order valence-corrected chi connectivity index (χ3v) is 4.21. The van der Waals surface area contributed by atoms with E-state index in [0.717, 1.165) is 32.4 Å². The lowest BCUT2D eigenvalue weighted by molar-refractivity contribution is 0.0724. The number of benzene rings is 1. The van der Waals surface area contributed by atoms with E-state index < -0.39 is 0 Å². The van der Waals surface area contributed by atoms with Crippen molar-refractivity contribution in [3.8, 4) is 5.75 Å². The molecular formula is C19H21N3O3. The van der Waals surface area contributed by atoms with Gasteiger partial charge in [0.05, 0.1) is 7.11 Å². The highest BCUT2D eigenvalue weighted by Crippen LogP contribution is 2.18. The van der Waals surface area contributed by atoms with Crippen molar-refractivity contribution in [3.05, 3.63) is 53.9 Å². The van der Waals surface area contributed by atoms with Gasteiger partial charge in [-0.1, -0.05) is 6.07 Å². The van der Waals surface area contributed by atoms with Crippen molar-refractivity contribution in [2.75, 3.05) is 25.5 Å². The Morgan fingerprint density at radius 1 is 1.12 bits per heavy atom. The van der Waals surface area contributed by atoms with E-state index in [2.05, 4.69) is 10.3 Å². The van der Waals surface area contributed by atoms with Gasteiger partial charge in [-0.15, -0.1) is 0 Å². The number of nitrogens with zero attached hydrogens (tertiary/aromatic N) is 2. The van der Waals surface area contributed by atoms with Crippen LogP contribution in [0.2, 0.25) is 0 Å². The van der Waals surface area contributed by atoms with E-state index in [1.165, 1.54) is 6.20 Å². The highest BCUT2D eigenvalue weighted by atomic mass is 16.5. The lowest BCUT2D eigenvalue weighted by Gasteiger charge is -2.26. The summed E-state index contributed by atoms with van der Waals surface area (Å²) in [6.45, 7) is 1.54. The number of nitrogens with one attached hydrogen (secondary N) is 1. The van der Waals surface area contributed by atoms with Crippen molar-refractivity contribution in [1.82, 2.24) is 9.88 Å². The molecule has 1 aliphatic heterocycles. The first-order valence-corrected chi connectivity index (χ1v) is 8.38. The molecule has 6 heteroatoms. The molecule has 25 heavy (non-hydrogen) atoms. The lowest BCUT2D eigenvalue weighted by Crippen LogP contribution is -2.35. The molecule has 130 valence electrons. The maximum atomic E-state index is 12.6. The minimum atomic E-state index is -0.360. The number of likely N-dealkylation sites (tertiary alicyclic amines) is 1. The molecule has 0 radical (unpaired) electrons. The monoisotopic (exact) mass is 339 g/mol. The highest BCUT2D eigenvalue weighted by molar-refractivity contribution is 6.04. The fraction of sp³-hybridized carbons (Fsp3) is 0.316. The van der Waals surface area contributed by atoms with Gasteiger partial charge in [0.25, 0.3) is 11.8 Å². The Morgan fingerprint density at radius 3 is 2.68 bits per heavy atom. The van der Waals surface area contributed by atoms with Gasteiger partial charge in [-0.05, 0) is 43.5 Å². The zero-order chi connectivity index (χ0) is 17.6. The minimum Gasteiger partial charge on any atom is -0.497 e. The fourth-order valence-electron chi connectivity index (χ4n) is 2.86. The normalized spacial score (nSPS) is 14.0. The predicted molar refractivity (Wildman–Crippen MR) is 94.9 cm³/mol. The molecule has 1 fully saturated rings. The van der Waals surface area contributed by atoms with Gasteiger partial charge >= 0.3 is 0 Å². The van der Waals surface area contributed by atoms with E-state index in [4.69, 9.17) is 4.74 Å². The molecule has 3 rings (SSSR count). The Labute approximate surface area is 146 Å². The summed E-state index contributed by atoms with van der Waals surface area (Å²) in [6.07, 6.45) is 4.71. The number of carbonyl (C=O) groups excluding carboxylic acids is 2. The molecule has 1 aromatic heterocycles. The minimum absolute atomic E-state index is 0.0440. The molecule has 0 unspecified atom stereocenters. The third-order valence-electron chi connectivity index (χ3n) is 4.21. The zero-order valence-corrected chi connectivity index (χ0v) is 14.2. The smallest absolute Gasteiger partial charge is 0.274 e. The largest absolute Gasteiger partial charge is 0.497 e. The van der Waals surface area contributed by atoms with Gasteiger partial charge in [0.1, 0.15) is 11.4 Å². The van der Waals surface area contributed by atoms with Gasteiger partial charge in [-0.3, -0.25) is 14.6 Å². The molecule has 6 nitrogen and oxygen atoms in total. The maximum Gasteiger partial charge on any atom is 0.274 e. The van der Waals surface area contributed by atoms with Crippen LogP contribution in [0.5, 0.6) is 5.75 Å². The van der Waals surface area contributed by atoms with Crippen LogP contribution in [-0.4, -0.2) is 41.9 Å². The molecule has 2 aromatic rings. The molecule has 0 atom stereocenters. The number of carbonyl (C=O) groups is 2. The molecule has 1 aliphatic rings. The Bertz CT molecular complexity index is 770. The van der Waals surface area contributed by atoms with Crippen molar-refractivity contribution in [1.29, 1.82) is 0 Å². The first-order valence-electron chi connectivity index (χ1n) is 8.38. The van der Waals surface area contributed by atoms with Crippen LogP contribution in [0.1, 0.15) is 40.1 Å². The van der Waals surface area contributed by atoms with Crippen molar-refractivity contribution < 1.29 is 14.3 Å². The number of rotatable bonds is 4. The summed E-state index contributed by atoms with van der Waals surface area (Å²) in [7, 11) is 1.57. The van der Waals surface area contributed by atoms with E-state index in [0.29, 0.717) is 17.0 Å². The Hall–Kier alpha value is -2.89. The Morgan fingerprint density at radius 2 is 1.92 bits per heavy atom. The highest BCUT2D eigenvalue weighted by Gasteiger charge is 2.19. The van der Waals surface area contributed by atoms with Gasteiger partial charge in [0, 0.05) is 36.6 Å². The molecule has 1 N–H and O–H groups in total. The number of methoxy groups -OCH3 is 1. The standard InChI is InChI=1S/C19H21N3O3/c1-25-16-7-5-6-15(13-16)21-18(23)17-12-14(8-9-20-17)19(24)22-10-3-2-4-11-22/h5-9,12-13H,2-4,10-11H2,1H3,(H,21,23). The third kappa shape index (κ3) is 4.15. The summed E-state index contributed by atoms with van der Waals surface area (Å²) in [4.78, 5) is 30.9. The second-order valence-corrected chi connectivity index (χ2v) is 5.97. The topological polar surface area (TPSA) is 71.5 Å². The number of hydrogen-bond acceptors (Lipinski definition) is 4. The summed E-state index contributed by atoms with van der Waals surface area (Å²) in [6, 6.07) is 10.3. The van der Waals surface area contributed by atoms with Gasteiger partial charge in [-0.25, -0.2) is 0 Å². The molecule has 0 spiro atoms. The van der Waals surface area contributed by atoms with Crippen LogP contribution in [0.4, 0.5) is 5.69 Å². The van der Waals surface area contributed by atoms with Crippen LogP contribution in [0.25, 0.3) is 0 Å². The van der Waals surface area contributed by atoms with Gasteiger partial charge in [-0.2, -0.15) is 0 Å². The van der Waals surface area contributed by atoms with Gasteiger partial charge in [0.2, 0.25) is 0 Å². The first kappa shape index (κ1) is 17.0. The number of pyridine rings is 1. The summed E-state index contributed by atoms with van der Waals surface area (Å²) in [5.74, 6) is 0.249. The van der Waals surface area contributed by atoms with Crippen LogP contribution in [0.15, 0.2) is 42.6 Å². The van der Waals surface area contributed by atoms with E-state index >= 15 is 0 Å². The number of ether oxygens (including phenoxy) is 1. The van der Waals surface area contributed by atoms with Crippen molar-refractivity contribution in [2.24, 2.45) is 0 Å². The number of piperidine rings is 1. The maximum absolute atomic E-state index is 12.6. The van der Waals surface area contributed by atoms with Crippen molar-refractivity contribution in [3.63, 3.8) is 0 Å². The first-order chi connectivity index (χ1) is 12.2. The molecule has 0 aliphatic carbocycles. The second kappa shape index (κ2) is 7.79. The average molecular weight is 339 g/mol. The Balaban J connectivity index is 1.73. The van der Waals surface area contributed by atoms with Gasteiger partial charge < -0.3 is 15.0 Å². The summed E-state index contributed by atoms with van der Waals surface area (Å²) in [5.41, 5.74) is 1.32. The van der Waals surface area contributed by atoms with E-state index in [9.17, 15) is 9.59 Å². The SMILES string of the molecule is COc1cccc(NC(=O)c2cc(C(=O)N3CCCCC3)ccn2)c1. The van der Waals surface area contributed by atoms with Crippen LogP contribution < -0.4 is 10.1 Å². The lowest BCUT2D eigenvalue weighted by atomic mass is 10.1. The van der Waals surface area contributed by atoms with Crippen LogP contribution in [-0.2, 0) is 0 Å². The quantitative estimate of drug-likeness (QED) is 0.929. The van der Waals surface area contributed by atoms with E-state index in [1.54, 1.807) is 43.5 Å². The van der Waals surface area contributed by atoms with Crippen LogP contribution in [0.3, 0.4) is 0 Å². The molecule has 1 saturated heterocycles. The number of anilines is 1. The molecule has 2 heterocycles. The number of hydrogen-bond donors (Lipinski definition) is 1. The van der Waals surface area contributed by atoms with Gasteiger partial charge in [0.15, 0.2) is 0 Å². The summed E-state index contributed by atoms with van der Waals surface area (Å²) in [5, 5.41) is 2.77. The van der Waals surface area contributed by atoms with Crippen LogP contribution in [0, 0.1) is 0 Å². The molecule has 1 aromatic carbocycles. The van der Waals surface area contributed by atoms with Crippen molar-refractivity contribution >= 4 is 17.5 Å². The number of aromatic nitrogens is 1. The molecule has 2 amide bonds. The summed E-state index contributed by atoms with van der Waals surface area (Å²) >= 11 is 0. The molecular weight excluding hydrogens is 318 g/mol. The average Bonchev–Trinajstić information content (AvgIpc) is 2.68. The number of amides is 2. The molecule has 0 saturated carbocycles. The Kier molecular flexibility index (Phi) is 5.28. The predicted octanol–water partition coefficient (Wildman–Crippen LogP) is 2.97. The summed E-state index contributed by atoms with van der Waals surface area (Å²) < 4.78 is 5.14. The fourth-order valence-corrected chi connectivity index (χ4v) is 2.86. The van der Waals surface area contributed by atoms with Crippen LogP contribution >= 0.6 is 0 Å².